The van der Waals surface area contributed by atoms with Gasteiger partial charge in [0.2, 0.25) is 0 Å². The predicted molar refractivity (Wildman–Crippen MR) is 78.2 cm³/mol. The highest BCUT2D eigenvalue weighted by Gasteiger charge is 2.19. The van der Waals surface area contributed by atoms with Crippen molar-refractivity contribution in [3.63, 3.8) is 0 Å². The number of halogens is 1. The Morgan fingerprint density at radius 1 is 1.58 bits per heavy atom. The fraction of sp³-hybridized carbons (Fsp3) is 0.538. The molecule has 0 aliphatic carbocycles. The van der Waals surface area contributed by atoms with Crippen LogP contribution >= 0.6 is 15.9 Å². The largest absolute Gasteiger partial charge is 0.316 e. The lowest BCUT2D eigenvalue weighted by atomic mass is 10.0. The number of piperidine rings is 1. The van der Waals surface area contributed by atoms with Crippen LogP contribution in [0.15, 0.2) is 22.7 Å². The molecule has 0 bridgehead atoms. The van der Waals surface area contributed by atoms with Gasteiger partial charge in [0.1, 0.15) is 0 Å². The Kier molecular flexibility index (Phi) is 4.90. The summed E-state index contributed by atoms with van der Waals surface area (Å²) in [6.07, 6.45) is 2.37. The summed E-state index contributed by atoms with van der Waals surface area (Å²) in [5, 5.41) is 14.2. The van der Waals surface area contributed by atoms with Crippen molar-refractivity contribution in [2.45, 2.75) is 25.4 Å². The first kappa shape index (κ1) is 14.4. The molecule has 0 saturated carbocycles. The van der Waals surface area contributed by atoms with E-state index in [1.807, 2.05) is 13.1 Å². The van der Waals surface area contributed by atoms with Crippen LogP contribution in [0.2, 0.25) is 0 Å². The highest BCUT2D eigenvalue weighted by Crippen LogP contribution is 2.26. The maximum absolute atomic E-state index is 10.9. The third-order valence-corrected chi connectivity index (χ3v) is 4.20. The second-order valence-corrected chi connectivity index (χ2v) is 5.76. The van der Waals surface area contributed by atoms with Gasteiger partial charge in [-0.2, -0.15) is 0 Å². The molecule has 1 N–H and O–H groups in total. The molecule has 0 amide bonds. The Hall–Kier alpha value is -0.980. The van der Waals surface area contributed by atoms with Crippen molar-refractivity contribution in [2.75, 3.05) is 20.1 Å². The normalized spacial score (nSPS) is 20.4. The standard InChI is InChI=1S/C13H18BrN3O2/c1-15-11-3-2-6-16(9-11)8-10-4-5-12(14)13(7-10)17(18)19/h4-5,7,11,15H,2-3,6,8-9H2,1H3. The third-order valence-electron chi connectivity index (χ3n) is 3.53. The molecule has 1 atom stereocenters. The molecule has 19 heavy (non-hydrogen) atoms. The quantitative estimate of drug-likeness (QED) is 0.682. The van der Waals surface area contributed by atoms with Gasteiger partial charge in [-0.1, -0.05) is 6.07 Å². The van der Waals surface area contributed by atoms with E-state index in [0.717, 1.165) is 25.2 Å². The average molecular weight is 328 g/mol. The molecular formula is C13H18BrN3O2. The first-order chi connectivity index (χ1) is 9.10. The van der Waals surface area contributed by atoms with Crippen molar-refractivity contribution < 1.29 is 4.92 Å². The van der Waals surface area contributed by atoms with Gasteiger partial charge < -0.3 is 5.32 Å². The number of likely N-dealkylation sites (N-methyl/N-ethyl adjacent to an activating group) is 1. The Morgan fingerprint density at radius 3 is 3.05 bits per heavy atom. The highest BCUT2D eigenvalue weighted by molar-refractivity contribution is 9.10. The van der Waals surface area contributed by atoms with Gasteiger partial charge in [0.25, 0.3) is 5.69 Å². The molecular weight excluding hydrogens is 310 g/mol. The van der Waals surface area contributed by atoms with Crippen LogP contribution in [0, 0.1) is 10.1 Å². The summed E-state index contributed by atoms with van der Waals surface area (Å²) < 4.78 is 0.535. The number of likely N-dealkylation sites (tertiary alicyclic amines) is 1. The van der Waals surface area contributed by atoms with Crippen molar-refractivity contribution in [1.29, 1.82) is 0 Å². The van der Waals surface area contributed by atoms with E-state index < -0.39 is 0 Å². The van der Waals surface area contributed by atoms with E-state index in [-0.39, 0.29) is 10.6 Å². The zero-order chi connectivity index (χ0) is 13.8. The number of nitrogens with one attached hydrogen (secondary N) is 1. The monoisotopic (exact) mass is 327 g/mol. The van der Waals surface area contributed by atoms with E-state index in [9.17, 15) is 10.1 Å². The Labute approximate surface area is 121 Å². The number of benzene rings is 1. The fourth-order valence-corrected chi connectivity index (χ4v) is 2.88. The molecule has 0 radical (unpaired) electrons. The Morgan fingerprint density at radius 2 is 2.37 bits per heavy atom. The van der Waals surface area contributed by atoms with Gasteiger partial charge in [0.05, 0.1) is 9.40 Å². The Balaban J connectivity index is 2.06. The molecule has 1 aliphatic heterocycles. The summed E-state index contributed by atoms with van der Waals surface area (Å²) in [5.74, 6) is 0. The molecule has 1 aromatic carbocycles. The molecule has 104 valence electrons. The van der Waals surface area contributed by atoms with Gasteiger partial charge in [-0.25, -0.2) is 0 Å². The summed E-state index contributed by atoms with van der Waals surface area (Å²) in [4.78, 5) is 12.9. The number of hydrogen-bond donors (Lipinski definition) is 1. The lowest BCUT2D eigenvalue weighted by Gasteiger charge is -2.32. The first-order valence-electron chi connectivity index (χ1n) is 6.42. The minimum absolute atomic E-state index is 0.139. The van der Waals surface area contributed by atoms with E-state index in [1.165, 1.54) is 12.8 Å². The number of nitro benzene ring substituents is 1. The molecule has 1 aromatic rings. The third kappa shape index (κ3) is 3.75. The van der Waals surface area contributed by atoms with Gasteiger partial charge in [-0.05, 0) is 54.0 Å². The molecule has 0 aromatic heterocycles. The topological polar surface area (TPSA) is 58.4 Å². The summed E-state index contributed by atoms with van der Waals surface area (Å²) in [7, 11) is 1.98. The lowest BCUT2D eigenvalue weighted by molar-refractivity contribution is -0.385. The zero-order valence-electron chi connectivity index (χ0n) is 10.9. The van der Waals surface area contributed by atoms with Crippen LogP contribution in [0.25, 0.3) is 0 Å². The second kappa shape index (κ2) is 6.45. The van der Waals surface area contributed by atoms with Crippen molar-refractivity contribution >= 4 is 21.6 Å². The number of nitrogens with zero attached hydrogens (tertiary/aromatic N) is 2. The summed E-state index contributed by atoms with van der Waals surface area (Å²) in [6.45, 7) is 2.83. The SMILES string of the molecule is CNC1CCCN(Cc2ccc(Br)c([N+](=O)[O-])c2)C1. The maximum Gasteiger partial charge on any atom is 0.283 e. The molecule has 1 heterocycles. The van der Waals surface area contributed by atoms with Gasteiger partial charge >= 0.3 is 0 Å². The molecule has 2 rings (SSSR count). The number of rotatable bonds is 4. The fourth-order valence-electron chi connectivity index (χ4n) is 2.49. The van der Waals surface area contributed by atoms with Crippen LogP contribution in [0.4, 0.5) is 5.69 Å². The lowest BCUT2D eigenvalue weighted by Crippen LogP contribution is -2.43. The minimum Gasteiger partial charge on any atom is -0.316 e. The number of nitro groups is 1. The van der Waals surface area contributed by atoms with Crippen molar-refractivity contribution in [1.82, 2.24) is 10.2 Å². The van der Waals surface area contributed by atoms with E-state index in [2.05, 4.69) is 26.1 Å². The second-order valence-electron chi connectivity index (χ2n) is 4.91. The van der Waals surface area contributed by atoms with Crippen molar-refractivity contribution in [3.05, 3.63) is 38.3 Å². The van der Waals surface area contributed by atoms with E-state index in [1.54, 1.807) is 12.1 Å². The molecule has 5 nitrogen and oxygen atoms in total. The zero-order valence-corrected chi connectivity index (χ0v) is 12.5. The van der Waals surface area contributed by atoms with Crippen LogP contribution in [-0.2, 0) is 6.54 Å². The van der Waals surface area contributed by atoms with Gasteiger partial charge in [0.15, 0.2) is 0 Å². The van der Waals surface area contributed by atoms with Gasteiger partial charge in [-0.3, -0.25) is 15.0 Å². The first-order valence-corrected chi connectivity index (χ1v) is 7.22. The molecule has 1 aliphatic rings. The summed E-state index contributed by atoms with van der Waals surface area (Å²) in [6, 6.07) is 5.89. The van der Waals surface area contributed by atoms with Gasteiger partial charge in [0, 0.05) is 25.2 Å². The summed E-state index contributed by atoms with van der Waals surface area (Å²) >= 11 is 3.21. The van der Waals surface area contributed by atoms with Crippen LogP contribution in [0.1, 0.15) is 18.4 Å². The van der Waals surface area contributed by atoms with E-state index >= 15 is 0 Å². The Bertz CT molecular complexity index is 467. The smallest absolute Gasteiger partial charge is 0.283 e. The summed E-state index contributed by atoms with van der Waals surface area (Å²) in [5.41, 5.74) is 1.13. The van der Waals surface area contributed by atoms with Crippen LogP contribution in [0.5, 0.6) is 0 Å². The molecule has 1 unspecified atom stereocenters. The van der Waals surface area contributed by atoms with Crippen LogP contribution < -0.4 is 5.32 Å². The maximum atomic E-state index is 10.9. The van der Waals surface area contributed by atoms with Crippen LogP contribution in [0.3, 0.4) is 0 Å². The molecule has 1 fully saturated rings. The minimum atomic E-state index is -0.347. The highest BCUT2D eigenvalue weighted by atomic mass is 79.9. The molecule has 0 spiro atoms. The predicted octanol–water partition coefficient (Wildman–Crippen LogP) is 2.54. The molecule has 1 saturated heterocycles. The van der Waals surface area contributed by atoms with E-state index in [0.29, 0.717) is 10.5 Å². The van der Waals surface area contributed by atoms with Crippen molar-refractivity contribution in [3.8, 4) is 0 Å². The van der Waals surface area contributed by atoms with E-state index in [4.69, 9.17) is 0 Å². The average Bonchev–Trinajstić information content (AvgIpc) is 2.41. The van der Waals surface area contributed by atoms with Gasteiger partial charge in [-0.15, -0.1) is 0 Å². The number of hydrogen-bond acceptors (Lipinski definition) is 4. The van der Waals surface area contributed by atoms with Crippen molar-refractivity contribution in [2.24, 2.45) is 0 Å². The van der Waals surface area contributed by atoms with Crippen LogP contribution in [-0.4, -0.2) is 36.0 Å². The molecule has 6 heteroatoms.